The number of anilines is 1. The molecule has 0 spiro atoms. The fourth-order valence-electron chi connectivity index (χ4n) is 2.58. The highest BCUT2D eigenvalue weighted by molar-refractivity contribution is 7.15. The van der Waals surface area contributed by atoms with Crippen LogP contribution in [0.4, 0.5) is 9.52 Å². The molecule has 1 aliphatic heterocycles. The maximum absolute atomic E-state index is 13.2. The van der Waals surface area contributed by atoms with Crippen LogP contribution in [0.1, 0.15) is 30.3 Å². The van der Waals surface area contributed by atoms with Crippen molar-refractivity contribution in [3.05, 3.63) is 40.7 Å². The summed E-state index contributed by atoms with van der Waals surface area (Å²) in [5.74, 6) is 0.270. The minimum Gasteiger partial charge on any atom is -0.344 e. The Morgan fingerprint density at radius 3 is 2.59 bits per heavy atom. The number of nitrogens with zero attached hydrogens (tertiary/aromatic N) is 4. The fourth-order valence-corrected chi connectivity index (χ4v) is 3.48. The van der Waals surface area contributed by atoms with E-state index in [9.17, 15) is 4.39 Å². The first-order valence-corrected chi connectivity index (χ1v) is 8.48. The average molecular weight is 320 g/mol. The third kappa shape index (κ3) is 3.62. The quantitative estimate of drug-likeness (QED) is 0.866. The number of benzene rings is 1. The molecule has 0 aliphatic carbocycles. The minimum absolute atomic E-state index is 0.161. The summed E-state index contributed by atoms with van der Waals surface area (Å²) < 4.78 is 13.2. The normalized spacial score (nSPS) is 16.5. The number of hydrogen-bond acceptors (Lipinski definition) is 5. The SMILES string of the molecule is CC(C)c1nnc(N2CCN(Cc3cccc(F)c3)CC2)s1. The van der Waals surface area contributed by atoms with Crippen LogP contribution < -0.4 is 4.90 Å². The molecular weight excluding hydrogens is 299 g/mol. The lowest BCUT2D eigenvalue weighted by atomic mass is 10.2. The van der Waals surface area contributed by atoms with E-state index in [2.05, 4.69) is 33.8 Å². The van der Waals surface area contributed by atoms with Crippen LogP contribution in [0.3, 0.4) is 0 Å². The van der Waals surface area contributed by atoms with Crippen LogP contribution in [-0.4, -0.2) is 41.3 Å². The summed E-state index contributed by atoms with van der Waals surface area (Å²) in [5, 5.41) is 10.7. The van der Waals surface area contributed by atoms with Crippen LogP contribution >= 0.6 is 11.3 Å². The van der Waals surface area contributed by atoms with Crippen LogP contribution in [0.25, 0.3) is 0 Å². The first-order valence-electron chi connectivity index (χ1n) is 7.67. The second-order valence-electron chi connectivity index (χ2n) is 5.97. The molecule has 6 heteroatoms. The molecule has 118 valence electrons. The standard InChI is InChI=1S/C16H21FN4S/c1-12(2)15-18-19-16(22-15)21-8-6-20(7-9-21)11-13-4-3-5-14(17)10-13/h3-5,10,12H,6-9,11H2,1-2H3. The molecule has 22 heavy (non-hydrogen) atoms. The molecular formula is C16H21FN4S. The Morgan fingerprint density at radius 1 is 1.18 bits per heavy atom. The van der Waals surface area contributed by atoms with Crippen LogP contribution in [0.15, 0.2) is 24.3 Å². The Morgan fingerprint density at radius 2 is 1.95 bits per heavy atom. The maximum Gasteiger partial charge on any atom is 0.208 e. The van der Waals surface area contributed by atoms with Gasteiger partial charge in [-0.2, -0.15) is 0 Å². The lowest BCUT2D eigenvalue weighted by molar-refractivity contribution is 0.249. The fraction of sp³-hybridized carbons (Fsp3) is 0.500. The van der Waals surface area contributed by atoms with Crippen molar-refractivity contribution >= 4 is 16.5 Å². The van der Waals surface area contributed by atoms with E-state index in [0.717, 1.165) is 48.4 Å². The summed E-state index contributed by atoms with van der Waals surface area (Å²) in [6.07, 6.45) is 0. The van der Waals surface area contributed by atoms with Gasteiger partial charge in [-0.05, 0) is 17.7 Å². The van der Waals surface area contributed by atoms with Gasteiger partial charge in [0.05, 0.1) is 0 Å². The first-order chi connectivity index (χ1) is 10.6. The van der Waals surface area contributed by atoms with Gasteiger partial charge in [0.15, 0.2) is 0 Å². The zero-order valence-corrected chi connectivity index (χ0v) is 13.8. The van der Waals surface area contributed by atoms with Gasteiger partial charge in [-0.15, -0.1) is 10.2 Å². The molecule has 0 N–H and O–H groups in total. The zero-order valence-electron chi connectivity index (χ0n) is 13.0. The van der Waals surface area contributed by atoms with E-state index in [-0.39, 0.29) is 5.82 Å². The molecule has 4 nitrogen and oxygen atoms in total. The van der Waals surface area contributed by atoms with Crippen molar-refractivity contribution in [2.75, 3.05) is 31.1 Å². The first kappa shape index (κ1) is 15.4. The third-order valence-corrected chi connectivity index (χ3v) is 5.15. The van der Waals surface area contributed by atoms with E-state index in [4.69, 9.17) is 0 Å². The molecule has 0 radical (unpaired) electrons. The summed E-state index contributed by atoms with van der Waals surface area (Å²) in [5.41, 5.74) is 1.03. The van der Waals surface area contributed by atoms with E-state index >= 15 is 0 Å². The largest absolute Gasteiger partial charge is 0.344 e. The molecule has 3 rings (SSSR count). The Labute approximate surface area is 134 Å². The van der Waals surface area contributed by atoms with E-state index in [1.807, 2.05) is 6.07 Å². The van der Waals surface area contributed by atoms with Crippen LogP contribution in [0, 0.1) is 5.82 Å². The smallest absolute Gasteiger partial charge is 0.208 e. The number of hydrogen-bond donors (Lipinski definition) is 0. The number of rotatable bonds is 4. The van der Waals surface area contributed by atoms with Crippen molar-refractivity contribution in [1.29, 1.82) is 0 Å². The van der Waals surface area contributed by atoms with Gasteiger partial charge in [0.1, 0.15) is 10.8 Å². The number of halogens is 1. The molecule has 0 bridgehead atoms. The van der Waals surface area contributed by atoms with Crippen molar-refractivity contribution in [1.82, 2.24) is 15.1 Å². The number of piperazine rings is 1. The molecule has 0 saturated carbocycles. The molecule has 0 amide bonds. The second-order valence-corrected chi connectivity index (χ2v) is 6.96. The molecule has 0 atom stereocenters. The molecule has 2 heterocycles. The van der Waals surface area contributed by atoms with Gasteiger partial charge in [0.25, 0.3) is 0 Å². The van der Waals surface area contributed by atoms with Crippen molar-refractivity contribution < 1.29 is 4.39 Å². The Balaban J connectivity index is 1.55. The average Bonchev–Trinajstić information content (AvgIpc) is 2.98. The monoisotopic (exact) mass is 320 g/mol. The van der Waals surface area contributed by atoms with Gasteiger partial charge < -0.3 is 4.90 Å². The van der Waals surface area contributed by atoms with Crippen molar-refractivity contribution in [3.8, 4) is 0 Å². The Kier molecular flexibility index (Phi) is 4.69. The van der Waals surface area contributed by atoms with Gasteiger partial charge >= 0.3 is 0 Å². The van der Waals surface area contributed by atoms with E-state index < -0.39 is 0 Å². The van der Waals surface area contributed by atoms with Gasteiger partial charge in [-0.25, -0.2) is 4.39 Å². The highest BCUT2D eigenvalue weighted by Crippen LogP contribution is 2.26. The molecule has 1 aliphatic rings. The van der Waals surface area contributed by atoms with E-state index in [1.165, 1.54) is 6.07 Å². The summed E-state index contributed by atoms with van der Waals surface area (Å²) in [6, 6.07) is 6.86. The lowest BCUT2D eigenvalue weighted by Gasteiger charge is -2.34. The summed E-state index contributed by atoms with van der Waals surface area (Å²) in [4.78, 5) is 4.65. The lowest BCUT2D eigenvalue weighted by Crippen LogP contribution is -2.45. The highest BCUT2D eigenvalue weighted by atomic mass is 32.1. The molecule has 0 unspecified atom stereocenters. The van der Waals surface area contributed by atoms with E-state index in [0.29, 0.717) is 5.92 Å². The molecule has 1 aromatic heterocycles. The summed E-state index contributed by atoms with van der Waals surface area (Å²) in [7, 11) is 0. The van der Waals surface area contributed by atoms with Crippen molar-refractivity contribution in [2.45, 2.75) is 26.3 Å². The van der Waals surface area contributed by atoms with Crippen LogP contribution in [0.5, 0.6) is 0 Å². The predicted molar refractivity (Wildman–Crippen MR) is 87.9 cm³/mol. The van der Waals surface area contributed by atoms with Crippen LogP contribution in [-0.2, 0) is 6.54 Å². The molecule has 2 aromatic rings. The van der Waals surface area contributed by atoms with Crippen molar-refractivity contribution in [2.24, 2.45) is 0 Å². The predicted octanol–water partition coefficient (Wildman–Crippen LogP) is 3.12. The zero-order chi connectivity index (χ0) is 15.5. The van der Waals surface area contributed by atoms with Gasteiger partial charge in [0.2, 0.25) is 5.13 Å². The second kappa shape index (κ2) is 6.71. The highest BCUT2D eigenvalue weighted by Gasteiger charge is 2.20. The summed E-state index contributed by atoms with van der Waals surface area (Å²) >= 11 is 1.69. The van der Waals surface area contributed by atoms with E-state index in [1.54, 1.807) is 23.5 Å². The topological polar surface area (TPSA) is 32.3 Å². The van der Waals surface area contributed by atoms with Crippen LogP contribution in [0.2, 0.25) is 0 Å². The van der Waals surface area contributed by atoms with Gasteiger partial charge in [-0.3, -0.25) is 4.90 Å². The van der Waals surface area contributed by atoms with Gasteiger partial charge in [-0.1, -0.05) is 37.3 Å². The molecule has 1 fully saturated rings. The molecule has 1 saturated heterocycles. The number of aromatic nitrogens is 2. The van der Waals surface area contributed by atoms with Gasteiger partial charge in [0, 0.05) is 38.6 Å². The molecule has 1 aromatic carbocycles. The minimum atomic E-state index is -0.161. The Hall–Kier alpha value is -1.53. The third-order valence-electron chi connectivity index (χ3n) is 3.86. The Bertz CT molecular complexity index is 620. The maximum atomic E-state index is 13.2. The summed E-state index contributed by atoms with van der Waals surface area (Å²) in [6.45, 7) is 8.91. The van der Waals surface area contributed by atoms with Crippen molar-refractivity contribution in [3.63, 3.8) is 0 Å².